The third-order valence-electron chi connectivity index (χ3n) is 4.43. The number of hydrogen-bond donors (Lipinski definition) is 0. The fourth-order valence-electron chi connectivity index (χ4n) is 2.87. The fourth-order valence-corrected chi connectivity index (χ4v) is 2.87. The maximum atomic E-state index is 4.17. The molecule has 0 aromatic heterocycles. The van der Waals surface area contributed by atoms with Gasteiger partial charge in [-0.3, -0.25) is 0 Å². The molecule has 0 nitrogen and oxygen atoms in total. The van der Waals surface area contributed by atoms with Crippen molar-refractivity contribution in [2.75, 3.05) is 0 Å². The van der Waals surface area contributed by atoms with Gasteiger partial charge in [0, 0.05) is 32.7 Å². The van der Waals surface area contributed by atoms with E-state index in [4.69, 9.17) is 0 Å². The molecule has 0 amide bonds. The van der Waals surface area contributed by atoms with Crippen molar-refractivity contribution in [3.8, 4) is 0 Å². The average Bonchev–Trinajstić information content (AvgIpc) is 2.14. The van der Waals surface area contributed by atoms with Crippen LogP contribution in [0.15, 0.2) is 0 Å². The van der Waals surface area contributed by atoms with Crippen molar-refractivity contribution in [2.24, 2.45) is 29.1 Å². The van der Waals surface area contributed by atoms with Gasteiger partial charge in [0.1, 0.15) is 0 Å². The number of rotatable bonds is 7. The average molecular weight is 314 g/mol. The van der Waals surface area contributed by atoms with Crippen LogP contribution in [0.5, 0.6) is 0 Å². The van der Waals surface area contributed by atoms with E-state index in [0.29, 0.717) is 11.3 Å². The zero-order valence-corrected chi connectivity index (χ0v) is 16.1. The van der Waals surface area contributed by atoms with Crippen LogP contribution in [0, 0.1) is 36.0 Å². The van der Waals surface area contributed by atoms with E-state index in [-0.39, 0.29) is 32.7 Å². The van der Waals surface area contributed by atoms with Gasteiger partial charge in [0.25, 0.3) is 0 Å². The second-order valence-electron chi connectivity index (χ2n) is 6.79. The Kier molecular flexibility index (Phi) is 10.9. The zero-order chi connectivity index (χ0) is 12.9. The van der Waals surface area contributed by atoms with E-state index in [1.165, 1.54) is 19.3 Å². The summed E-state index contributed by atoms with van der Waals surface area (Å²) in [5, 5.41) is 0. The second-order valence-corrected chi connectivity index (χ2v) is 6.79. The third-order valence-corrected chi connectivity index (χ3v) is 4.43. The first kappa shape index (κ1) is 20.4. The van der Waals surface area contributed by atoms with Gasteiger partial charge >= 0.3 is 0 Å². The van der Waals surface area contributed by atoms with E-state index in [0.717, 1.165) is 17.8 Å². The predicted octanol–water partition coefficient (Wildman–Crippen LogP) is 5.58. The van der Waals surface area contributed by atoms with Gasteiger partial charge in [0.2, 0.25) is 0 Å². The zero-order valence-electron chi connectivity index (χ0n) is 13.2. The van der Waals surface area contributed by atoms with E-state index < -0.39 is 0 Å². The first-order valence-electron chi connectivity index (χ1n) is 7.04. The van der Waals surface area contributed by atoms with Crippen LogP contribution in [0.2, 0.25) is 0 Å². The van der Waals surface area contributed by atoms with Crippen LogP contribution < -0.4 is 0 Å². The molecule has 101 valence electrons. The minimum Gasteiger partial charge on any atom is -0.340 e. The third kappa shape index (κ3) is 7.99. The molecule has 0 bridgehead atoms. The monoisotopic (exact) mass is 314 g/mol. The molecule has 4 unspecified atom stereocenters. The largest absolute Gasteiger partial charge is 0.340 e. The minimum absolute atomic E-state index is 0. The van der Waals surface area contributed by atoms with Gasteiger partial charge in [-0.2, -0.15) is 5.92 Å². The van der Waals surface area contributed by atoms with Crippen LogP contribution in [-0.2, 0) is 32.7 Å². The second kappa shape index (κ2) is 9.08. The molecule has 0 heterocycles. The van der Waals surface area contributed by atoms with Gasteiger partial charge in [-0.25, -0.2) is 0 Å². The van der Waals surface area contributed by atoms with Gasteiger partial charge in [0.15, 0.2) is 0 Å². The first-order chi connectivity index (χ1) is 7.21. The van der Waals surface area contributed by atoms with Gasteiger partial charge in [-0.05, 0) is 30.1 Å². The normalized spacial score (nSPS) is 19.1. The van der Waals surface area contributed by atoms with Crippen molar-refractivity contribution in [1.82, 2.24) is 0 Å². The molecule has 0 N–H and O–H groups in total. The summed E-state index contributed by atoms with van der Waals surface area (Å²) in [7, 11) is 0. The minimum atomic E-state index is 0. The fraction of sp³-hybridized carbons (Fsp3) is 0.938. The quantitative estimate of drug-likeness (QED) is 0.538. The molecule has 1 heteroatoms. The molecule has 0 aliphatic heterocycles. The van der Waals surface area contributed by atoms with E-state index in [1.807, 2.05) is 0 Å². The summed E-state index contributed by atoms with van der Waals surface area (Å²) in [6.45, 7) is 20.7. The molecular formula is C16H33Y-. The van der Waals surface area contributed by atoms with Crippen LogP contribution in [0.25, 0.3) is 0 Å². The first-order valence-corrected chi connectivity index (χ1v) is 7.04. The van der Waals surface area contributed by atoms with E-state index in [1.54, 1.807) is 0 Å². The smallest absolute Gasteiger partial charge is 0 e. The van der Waals surface area contributed by atoms with Gasteiger partial charge in [-0.15, -0.1) is 0 Å². The Morgan fingerprint density at radius 3 is 1.82 bits per heavy atom. The molecule has 0 aromatic carbocycles. The van der Waals surface area contributed by atoms with Crippen LogP contribution in [0.1, 0.15) is 67.7 Å². The topological polar surface area (TPSA) is 0 Å². The predicted molar refractivity (Wildman–Crippen MR) is 75.3 cm³/mol. The van der Waals surface area contributed by atoms with Crippen LogP contribution in [0.4, 0.5) is 0 Å². The van der Waals surface area contributed by atoms with Crippen LogP contribution >= 0.6 is 0 Å². The standard InChI is InChI=1S/C16H33.Y/c1-9-10-16(7,8)11-13(4)15(6)14(5)12(2)3;/h12-15H,2,9-11H2,1,3-8H3;/q-1;. The molecule has 0 saturated carbocycles. The number of hydrogen-bond acceptors (Lipinski definition) is 0. The van der Waals surface area contributed by atoms with E-state index in [2.05, 4.69) is 55.4 Å². The molecule has 1 radical (unpaired) electrons. The van der Waals surface area contributed by atoms with Crippen molar-refractivity contribution >= 4 is 0 Å². The Morgan fingerprint density at radius 2 is 1.47 bits per heavy atom. The summed E-state index contributed by atoms with van der Waals surface area (Å²) in [6, 6.07) is 0. The molecule has 0 saturated heterocycles. The maximum absolute atomic E-state index is 4.17. The summed E-state index contributed by atoms with van der Waals surface area (Å²) in [6.07, 6.45) is 3.99. The van der Waals surface area contributed by atoms with E-state index in [9.17, 15) is 0 Å². The summed E-state index contributed by atoms with van der Waals surface area (Å²) >= 11 is 0. The molecule has 0 rings (SSSR count). The Balaban J connectivity index is 0. The molecule has 0 aliphatic rings. The molecule has 0 aliphatic carbocycles. The van der Waals surface area contributed by atoms with Gasteiger partial charge < -0.3 is 6.92 Å². The molecule has 0 spiro atoms. The van der Waals surface area contributed by atoms with Crippen LogP contribution in [-0.4, -0.2) is 0 Å². The molecular weight excluding hydrogens is 281 g/mol. The molecule has 0 fully saturated rings. The van der Waals surface area contributed by atoms with Crippen molar-refractivity contribution in [3.63, 3.8) is 0 Å². The summed E-state index contributed by atoms with van der Waals surface area (Å²) in [5.41, 5.74) is 0.507. The Bertz CT molecular complexity index is 184. The van der Waals surface area contributed by atoms with E-state index >= 15 is 0 Å². The summed E-state index contributed by atoms with van der Waals surface area (Å²) in [4.78, 5) is 0. The van der Waals surface area contributed by atoms with Crippen molar-refractivity contribution in [2.45, 2.75) is 67.7 Å². The van der Waals surface area contributed by atoms with Gasteiger partial charge in [-0.1, -0.05) is 60.8 Å². The molecule has 0 aromatic rings. The SMILES string of the molecule is [CH2-]C(C)C(C)C(C)C(C)CC(C)(C)CCC.[Y]. The Labute approximate surface area is 136 Å². The van der Waals surface area contributed by atoms with Crippen molar-refractivity contribution in [3.05, 3.63) is 6.92 Å². The van der Waals surface area contributed by atoms with Crippen molar-refractivity contribution in [1.29, 1.82) is 0 Å². The van der Waals surface area contributed by atoms with Crippen LogP contribution in [0.3, 0.4) is 0 Å². The summed E-state index contributed by atoms with van der Waals surface area (Å²) in [5.74, 6) is 2.88. The Hall–Kier alpha value is 1.10. The summed E-state index contributed by atoms with van der Waals surface area (Å²) < 4.78 is 0. The maximum Gasteiger partial charge on any atom is 0 e. The Morgan fingerprint density at radius 1 is 1.00 bits per heavy atom. The molecule has 4 atom stereocenters. The van der Waals surface area contributed by atoms with Gasteiger partial charge in [0.05, 0.1) is 0 Å². The van der Waals surface area contributed by atoms with Crippen molar-refractivity contribution < 1.29 is 32.7 Å². The molecule has 17 heavy (non-hydrogen) atoms.